The third-order valence-corrected chi connectivity index (χ3v) is 2.11. The number of rotatable bonds is 6. The maximum absolute atomic E-state index is 11.6. The van der Waals surface area contributed by atoms with E-state index in [0.717, 1.165) is 6.42 Å². The van der Waals surface area contributed by atoms with E-state index in [-0.39, 0.29) is 5.92 Å². The summed E-state index contributed by atoms with van der Waals surface area (Å²) in [6.07, 6.45) is 1.61. The lowest BCUT2D eigenvalue weighted by molar-refractivity contribution is -0.123. The van der Waals surface area contributed by atoms with Gasteiger partial charge in [-0.3, -0.25) is 4.79 Å². The van der Waals surface area contributed by atoms with E-state index in [4.69, 9.17) is 5.73 Å². The van der Waals surface area contributed by atoms with Crippen LogP contribution < -0.4 is 5.73 Å². The summed E-state index contributed by atoms with van der Waals surface area (Å²) < 4.78 is 0. The van der Waals surface area contributed by atoms with Gasteiger partial charge in [0.15, 0.2) is 0 Å². The minimum Gasteiger partial charge on any atom is -0.330 e. The molecule has 1 unspecified atom stereocenters. The first-order valence-electron chi connectivity index (χ1n) is 5.20. The fraction of sp³-hybridized carbons (Fsp3) is 0.909. The number of nitrogens with two attached hydrogens (primary N) is 1. The van der Waals surface area contributed by atoms with E-state index in [0.29, 0.717) is 30.6 Å². The second-order valence-corrected chi connectivity index (χ2v) is 4.63. The van der Waals surface area contributed by atoms with Crippen molar-refractivity contribution in [2.75, 3.05) is 6.54 Å². The van der Waals surface area contributed by atoms with E-state index >= 15 is 0 Å². The molecule has 2 nitrogen and oxygen atoms in total. The Morgan fingerprint density at radius 1 is 1.15 bits per heavy atom. The van der Waals surface area contributed by atoms with Crippen LogP contribution in [0.2, 0.25) is 0 Å². The Hall–Kier alpha value is -0.370. The van der Waals surface area contributed by atoms with Gasteiger partial charge in [-0.1, -0.05) is 27.7 Å². The van der Waals surface area contributed by atoms with Gasteiger partial charge in [0.05, 0.1) is 0 Å². The summed E-state index contributed by atoms with van der Waals surface area (Å²) in [7, 11) is 0. The van der Waals surface area contributed by atoms with Crippen molar-refractivity contribution in [1.82, 2.24) is 0 Å². The average Bonchev–Trinajstić information content (AvgIpc) is 1.98. The molecule has 0 bridgehead atoms. The van der Waals surface area contributed by atoms with Gasteiger partial charge in [-0.25, -0.2) is 0 Å². The SMILES string of the molecule is CC(C)CC(=O)C(CN)CC(C)C. The Labute approximate surface area is 81.9 Å². The van der Waals surface area contributed by atoms with Gasteiger partial charge in [-0.15, -0.1) is 0 Å². The fourth-order valence-corrected chi connectivity index (χ4v) is 1.50. The number of hydrogen-bond donors (Lipinski definition) is 1. The molecule has 2 N–H and O–H groups in total. The lowest BCUT2D eigenvalue weighted by Gasteiger charge is -2.16. The number of ketones is 1. The van der Waals surface area contributed by atoms with Crippen LogP contribution in [0.5, 0.6) is 0 Å². The second kappa shape index (κ2) is 6.14. The Morgan fingerprint density at radius 2 is 1.69 bits per heavy atom. The van der Waals surface area contributed by atoms with Crippen LogP contribution in [-0.4, -0.2) is 12.3 Å². The fourth-order valence-electron chi connectivity index (χ4n) is 1.50. The highest BCUT2D eigenvalue weighted by atomic mass is 16.1. The summed E-state index contributed by atoms with van der Waals surface area (Å²) >= 11 is 0. The third-order valence-electron chi connectivity index (χ3n) is 2.11. The Kier molecular flexibility index (Phi) is 5.97. The van der Waals surface area contributed by atoms with Crippen LogP contribution in [0.15, 0.2) is 0 Å². The molecule has 0 saturated carbocycles. The molecule has 0 amide bonds. The number of Topliss-reactive ketones (excluding diaryl/α,β-unsaturated/α-hetero) is 1. The highest BCUT2D eigenvalue weighted by molar-refractivity contribution is 5.81. The van der Waals surface area contributed by atoms with Crippen molar-refractivity contribution < 1.29 is 4.79 Å². The molecule has 0 aromatic heterocycles. The first-order valence-corrected chi connectivity index (χ1v) is 5.20. The van der Waals surface area contributed by atoms with E-state index in [1.54, 1.807) is 0 Å². The van der Waals surface area contributed by atoms with E-state index in [2.05, 4.69) is 27.7 Å². The average molecular weight is 185 g/mol. The van der Waals surface area contributed by atoms with Gasteiger partial charge in [-0.05, 0) is 18.3 Å². The molecule has 78 valence electrons. The molecule has 0 aromatic rings. The van der Waals surface area contributed by atoms with Crippen molar-refractivity contribution in [2.45, 2.75) is 40.5 Å². The van der Waals surface area contributed by atoms with Gasteiger partial charge in [0.1, 0.15) is 5.78 Å². The highest BCUT2D eigenvalue weighted by Crippen LogP contribution is 2.15. The summed E-state index contributed by atoms with van der Waals surface area (Å²) in [4.78, 5) is 11.6. The molecule has 2 heteroatoms. The van der Waals surface area contributed by atoms with Gasteiger partial charge in [0, 0.05) is 18.9 Å². The minimum absolute atomic E-state index is 0.0856. The van der Waals surface area contributed by atoms with Crippen molar-refractivity contribution in [3.63, 3.8) is 0 Å². The predicted molar refractivity (Wildman–Crippen MR) is 56.5 cm³/mol. The topological polar surface area (TPSA) is 43.1 Å². The maximum Gasteiger partial charge on any atom is 0.137 e. The molecule has 1 atom stereocenters. The summed E-state index contributed by atoms with van der Waals surface area (Å²) in [5.41, 5.74) is 5.58. The largest absolute Gasteiger partial charge is 0.330 e. The predicted octanol–water partition coefficient (Wildman–Crippen LogP) is 2.22. The Balaban J connectivity index is 3.99. The smallest absolute Gasteiger partial charge is 0.137 e. The van der Waals surface area contributed by atoms with Gasteiger partial charge >= 0.3 is 0 Å². The molecular weight excluding hydrogens is 162 g/mol. The van der Waals surface area contributed by atoms with Gasteiger partial charge in [-0.2, -0.15) is 0 Å². The molecule has 0 aliphatic rings. The standard InChI is InChI=1S/C11H23NO/c1-8(2)5-10(7-12)11(13)6-9(3)4/h8-10H,5-7,12H2,1-4H3. The molecule has 0 aromatic carbocycles. The molecule has 0 aliphatic carbocycles. The number of carbonyl (C=O) groups excluding carboxylic acids is 1. The normalized spacial score (nSPS) is 13.8. The molecular formula is C11H23NO. The summed E-state index contributed by atoms with van der Waals surface area (Å²) in [5, 5.41) is 0. The van der Waals surface area contributed by atoms with E-state index < -0.39 is 0 Å². The quantitative estimate of drug-likeness (QED) is 0.689. The molecule has 0 spiro atoms. The maximum atomic E-state index is 11.6. The van der Waals surface area contributed by atoms with Crippen molar-refractivity contribution >= 4 is 5.78 Å². The van der Waals surface area contributed by atoms with Crippen molar-refractivity contribution in [2.24, 2.45) is 23.5 Å². The zero-order valence-corrected chi connectivity index (χ0v) is 9.34. The van der Waals surface area contributed by atoms with Crippen molar-refractivity contribution in [3.8, 4) is 0 Å². The van der Waals surface area contributed by atoms with Crippen molar-refractivity contribution in [1.29, 1.82) is 0 Å². The lowest BCUT2D eigenvalue weighted by Crippen LogP contribution is -2.26. The number of carbonyl (C=O) groups is 1. The zero-order chi connectivity index (χ0) is 10.4. The lowest BCUT2D eigenvalue weighted by atomic mass is 9.89. The van der Waals surface area contributed by atoms with E-state index in [9.17, 15) is 4.79 Å². The van der Waals surface area contributed by atoms with Crippen LogP contribution in [0.1, 0.15) is 40.5 Å². The van der Waals surface area contributed by atoms with E-state index in [1.165, 1.54) is 0 Å². The second-order valence-electron chi connectivity index (χ2n) is 4.63. The van der Waals surface area contributed by atoms with Crippen LogP contribution in [0.25, 0.3) is 0 Å². The highest BCUT2D eigenvalue weighted by Gasteiger charge is 2.18. The molecule has 0 rings (SSSR count). The van der Waals surface area contributed by atoms with Crippen LogP contribution in [0.3, 0.4) is 0 Å². The molecule has 13 heavy (non-hydrogen) atoms. The minimum atomic E-state index is 0.0856. The summed E-state index contributed by atoms with van der Waals surface area (Å²) in [6.45, 7) is 8.90. The Morgan fingerprint density at radius 3 is 2.00 bits per heavy atom. The van der Waals surface area contributed by atoms with Crippen LogP contribution in [0, 0.1) is 17.8 Å². The summed E-state index contributed by atoms with van der Waals surface area (Å²) in [6, 6.07) is 0. The Bertz CT molecular complexity index is 152. The molecule has 0 heterocycles. The van der Waals surface area contributed by atoms with Crippen LogP contribution >= 0.6 is 0 Å². The van der Waals surface area contributed by atoms with E-state index in [1.807, 2.05) is 0 Å². The molecule has 0 aliphatic heterocycles. The number of hydrogen-bond acceptors (Lipinski definition) is 2. The van der Waals surface area contributed by atoms with Gasteiger partial charge in [0.25, 0.3) is 0 Å². The first-order chi connectivity index (χ1) is 5.97. The van der Waals surface area contributed by atoms with Crippen LogP contribution in [-0.2, 0) is 4.79 Å². The monoisotopic (exact) mass is 185 g/mol. The zero-order valence-electron chi connectivity index (χ0n) is 9.34. The molecule has 0 radical (unpaired) electrons. The molecule has 0 saturated heterocycles. The summed E-state index contributed by atoms with van der Waals surface area (Å²) in [5.74, 6) is 1.44. The van der Waals surface area contributed by atoms with Gasteiger partial charge in [0.2, 0.25) is 0 Å². The van der Waals surface area contributed by atoms with Gasteiger partial charge < -0.3 is 5.73 Å². The third kappa shape index (κ3) is 5.81. The molecule has 0 fully saturated rings. The van der Waals surface area contributed by atoms with Crippen LogP contribution in [0.4, 0.5) is 0 Å². The van der Waals surface area contributed by atoms with Crippen molar-refractivity contribution in [3.05, 3.63) is 0 Å². The first kappa shape index (κ1) is 12.6.